The van der Waals surface area contributed by atoms with Gasteiger partial charge in [-0.2, -0.15) is 0 Å². The predicted molar refractivity (Wildman–Crippen MR) is 111 cm³/mol. The molecule has 33 heavy (non-hydrogen) atoms. The summed E-state index contributed by atoms with van der Waals surface area (Å²) in [5.41, 5.74) is 0.0133. The van der Waals surface area contributed by atoms with E-state index in [4.69, 9.17) is 4.52 Å². The van der Waals surface area contributed by atoms with Crippen LogP contribution in [0.3, 0.4) is 0 Å². The van der Waals surface area contributed by atoms with E-state index in [0.717, 1.165) is 12.1 Å². The standard InChI is InChI=1S/C21H16F5N2O4P/c1-2-32-33(31,20-18(25)16(23)15(22)17(24)19(20)26)21(12-6-4-3-5-7-12)27-13-8-10-14(11-9-13)28(29)30/h3-11,21,27H,2H2,1H3/t21-,33-/m1/s1. The first-order valence-electron chi connectivity index (χ1n) is 9.44. The van der Waals surface area contributed by atoms with Crippen LogP contribution in [0.4, 0.5) is 33.3 Å². The Kier molecular flexibility index (Phi) is 7.14. The second-order valence-electron chi connectivity index (χ2n) is 6.69. The van der Waals surface area contributed by atoms with E-state index in [2.05, 4.69) is 5.32 Å². The van der Waals surface area contributed by atoms with E-state index in [-0.39, 0.29) is 23.5 Å². The lowest BCUT2D eigenvalue weighted by Crippen LogP contribution is -2.28. The highest BCUT2D eigenvalue weighted by Crippen LogP contribution is 2.60. The maximum absolute atomic E-state index is 14.7. The van der Waals surface area contributed by atoms with Gasteiger partial charge in [-0.05, 0) is 24.6 Å². The summed E-state index contributed by atoms with van der Waals surface area (Å²) in [5, 5.41) is 12.0. The number of nitro benzene ring substituents is 1. The van der Waals surface area contributed by atoms with Crippen LogP contribution in [0.1, 0.15) is 18.3 Å². The summed E-state index contributed by atoms with van der Waals surface area (Å²) >= 11 is 0. The van der Waals surface area contributed by atoms with Gasteiger partial charge in [0.1, 0.15) is 11.1 Å². The van der Waals surface area contributed by atoms with Gasteiger partial charge in [-0.1, -0.05) is 30.3 Å². The molecule has 0 aromatic heterocycles. The molecule has 1 N–H and O–H groups in total. The summed E-state index contributed by atoms with van der Waals surface area (Å²) in [4.78, 5) is 10.2. The lowest BCUT2D eigenvalue weighted by molar-refractivity contribution is -0.384. The molecular weight excluding hydrogens is 470 g/mol. The van der Waals surface area contributed by atoms with Crippen LogP contribution in [0.15, 0.2) is 54.6 Å². The number of nitro groups is 1. The first kappa shape index (κ1) is 24.3. The Morgan fingerprint density at radius 2 is 1.42 bits per heavy atom. The van der Waals surface area contributed by atoms with Crippen molar-refractivity contribution >= 4 is 24.0 Å². The summed E-state index contributed by atoms with van der Waals surface area (Å²) in [5.74, 6) is -13.1. The molecule has 3 aromatic rings. The summed E-state index contributed by atoms with van der Waals surface area (Å²) in [6.07, 6.45) is 0. The van der Waals surface area contributed by atoms with Crippen LogP contribution in [0.5, 0.6) is 0 Å². The van der Waals surface area contributed by atoms with E-state index >= 15 is 0 Å². The molecule has 0 unspecified atom stereocenters. The molecular formula is C21H16F5N2O4P. The topological polar surface area (TPSA) is 81.5 Å². The van der Waals surface area contributed by atoms with Crippen molar-refractivity contribution in [1.29, 1.82) is 0 Å². The quantitative estimate of drug-likeness (QED) is 0.105. The summed E-state index contributed by atoms with van der Waals surface area (Å²) in [6.45, 7) is 0.953. The molecule has 6 nitrogen and oxygen atoms in total. The van der Waals surface area contributed by atoms with Crippen molar-refractivity contribution in [1.82, 2.24) is 0 Å². The number of rotatable bonds is 8. The third-order valence-electron chi connectivity index (χ3n) is 4.66. The highest BCUT2D eigenvalue weighted by atomic mass is 31.2. The van der Waals surface area contributed by atoms with Gasteiger partial charge in [0.25, 0.3) is 13.1 Å². The largest absolute Gasteiger partial charge is 0.370 e. The molecule has 12 heteroatoms. The van der Waals surface area contributed by atoms with Gasteiger partial charge in [-0.3, -0.25) is 14.7 Å². The van der Waals surface area contributed by atoms with E-state index in [1.807, 2.05) is 0 Å². The third kappa shape index (κ3) is 4.60. The molecule has 0 aliphatic rings. The molecule has 0 bridgehead atoms. The van der Waals surface area contributed by atoms with Crippen LogP contribution < -0.4 is 10.6 Å². The van der Waals surface area contributed by atoms with E-state index < -0.39 is 52.5 Å². The molecule has 0 aliphatic heterocycles. The fraction of sp³-hybridized carbons (Fsp3) is 0.143. The van der Waals surface area contributed by atoms with Gasteiger partial charge in [-0.15, -0.1) is 0 Å². The molecule has 3 rings (SSSR count). The monoisotopic (exact) mass is 486 g/mol. The second-order valence-corrected chi connectivity index (χ2v) is 9.11. The zero-order chi connectivity index (χ0) is 24.3. The molecule has 2 atom stereocenters. The minimum absolute atomic E-state index is 0.123. The lowest BCUT2D eigenvalue weighted by atomic mass is 10.2. The summed E-state index contributed by atoms with van der Waals surface area (Å²) < 4.78 is 90.2. The Bertz CT molecular complexity index is 1200. The average Bonchev–Trinajstić information content (AvgIpc) is 2.81. The van der Waals surface area contributed by atoms with Crippen LogP contribution in [0.25, 0.3) is 0 Å². The number of non-ortho nitro benzene ring substituents is 1. The smallest absolute Gasteiger partial charge is 0.269 e. The molecule has 3 aromatic carbocycles. The fourth-order valence-corrected chi connectivity index (χ4v) is 5.71. The number of nitrogens with one attached hydrogen (secondary N) is 1. The Balaban J connectivity index is 2.24. The van der Waals surface area contributed by atoms with Crippen LogP contribution in [-0.4, -0.2) is 11.5 Å². The van der Waals surface area contributed by atoms with Gasteiger partial charge in [0.15, 0.2) is 23.3 Å². The Labute approximate surface area is 184 Å². The van der Waals surface area contributed by atoms with E-state index in [9.17, 15) is 36.6 Å². The van der Waals surface area contributed by atoms with Crippen LogP contribution in [-0.2, 0) is 9.09 Å². The maximum Gasteiger partial charge on any atom is 0.269 e. The molecule has 0 fully saturated rings. The molecule has 0 amide bonds. The molecule has 0 aliphatic carbocycles. The number of anilines is 1. The highest BCUT2D eigenvalue weighted by molar-refractivity contribution is 7.67. The van der Waals surface area contributed by atoms with Crippen molar-refractivity contribution < 1.29 is 36.0 Å². The van der Waals surface area contributed by atoms with Gasteiger partial charge < -0.3 is 9.84 Å². The first-order chi connectivity index (χ1) is 15.6. The molecule has 0 spiro atoms. The normalized spacial score (nSPS) is 13.9. The maximum atomic E-state index is 14.7. The number of halogens is 5. The Hall–Kier alpha value is -3.30. The molecule has 0 saturated heterocycles. The average molecular weight is 486 g/mol. The zero-order valence-corrected chi connectivity index (χ0v) is 17.8. The van der Waals surface area contributed by atoms with Crippen molar-refractivity contribution in [3.05, 3.63) is 99.4 Å². The van der Waals surface area contributed by atoms with Gasteiger partial charge in [-0.25, -0.2) is 22.0 Å². The van der Waals surface area contributed by atoms with Crippen molar-refractivity contribution in [3.63, 3.8) is 0 Å². The van der Waals surface area contributed by atoms with Gasteiger partial charge in [0.2, 0.25) is 5.82 Å². The lowest BCUT2D eigenvalue weighted by Gasteiger charge is -2.30. The van der Waals surface area contributed by atoms with Crippen molar-refractivity contribution in [2.45, 2.75) is 12.7 Å². The van der Waals surface area contributed by atoms with Gasteiger partial charge in [0.05, 0.1) is 11.5 Å². The Morgan fingerprint density at radius 3 is 1.91 bits per heavy atom. The van der Waals surface area contributed by atoms with Crippen LogP contribution >= 0.6 is 7.37 Å². The van der Waals surface area contributed by atoms with Crippen LogP contribution in [0, 0.1) is 39.2 Å². The van der Waals surface area contributed by atoms with E-state index in [0.29, 0.717) is 0 Å². The van der Waals surface area contributed by atoms with Crippen molar-refractivity contribution in [3.8, 4) is 0 Å². The summed E-state index contributed by atoms with van der Waals surface area (Å²) in [7, 11) is -4.89. The third-order valence-corrected chi connectivity index (χ3v) is 7.42. The second kappa shape index (κ2) is 9.68. The Morgan fingerprint density at radius 1 is 0.909 bits per heavy atom. The highest BCUT2D eigenvalue weighted by Gasteiger charge is 2.45. The van der Waals surface area contributed by atoms with E-state index in [1.165, 1.54) is 43.3 Å². The molecule has 0 saturated carbocycles. The molecule has 0 radical (unpaired) electrons. The zero-order valence-electron chi connectivity index (χ0n) is 16.9. The first-order valence-corrected chi connectivity index (χ1v) is 11.1. The van der Waals surface area contributed by atoms with Gasteiger partial charge in [0, 0.05) is 17.8 Å². The minimum Gasteiger partial charge on any atom is -0.370 e. The fourth-order valence-electron chi connectivity index (χ4n) is 3.16. The SMILES string of the molecule is CCO[P@](=O)(c1c(F)c(F)c(F)c(F)c1F)[C@@H](Nc1ccc([N+](=O)[O-])cc1)c1ccccc1. The summed E-state index contributed by atoms with van der Waals surface area (Å²) in [6, 6.07) is 12.2. The number of nitrogens with zero attached hydrogens (tertiary/aromatic N) is 1. The number of benzene rings is 3. The predicted octanol–water partition coefficient (Wildman–Crippen LogP) is 6.04. The van der Waals surface area contributed by atoms with Gasteiger partial charge >= 0.3 is 0 Å². The van der Waals surface area contributed by atoms with Crippen LogP contribution in [0.2, 0.25) is 0 Å². The molecule has 174 valence electrons. The minimum atomic E-state index is -4.89. The molecule has 0 heterocycles. The van der Waals surface area contributed by atoms with Crippen molar-refractivity contribution in [2.75, 3.05) is 11.9 Å². The number of hydrogen-bond donors (Lipinski definition) is 1. The van der Waals surface area contributed by atoms with E-state index in [1.54, 1.807) is 6.07 Å². The number of hydrogen-bond acceptors (Lipinski definition) is 5. The van der Waals surface area contributed by atoms with Crippen molar-refractivity contribution in [2.24, 2.45) is 0 Å².